The number of aromatic nitrogens is 1. The van der Waals surface area contributed by atoms with Gasteiger partial charge in [0, 0.05) is 34.3 Å². The molecule has 27 heavy (non-hydrogen) atoms. The molecule has 1 saturated heterocycles. The normalized spacial score (nSPS) is 19.6. The maximum absolute atomic E-state index is 14.3. The number of carbonyl (C=O) groups is 1. The highest BCUT2D eigenvalue weighted by atomic mass is 127. The van der Waals surface area contributed by atoms with E-state index < -0.39 is 18.0 Å². The molecule has 1 fully saturated rings. The van der Waals surface area contributed by atoms with Gasteiger partial charge in [0.1, 0.15) is 15.6 Å². The molecule has 0 unspecified atom stereocenters. The molecule has 1 aliphatic heterocycles. The number of thiophene rings is 1. The van der Waals surface area contributed by atoms with E-state index in [2.05, 4.69) is 10.3 Å². The number of anilines is 2. The SMILES string of the molecule is N[C@H]1CN(C(=O)c2c(Nc3ccc(I)cc3F)sc3ncccc23)C[C@@H]1O. The van der Waals surface area contributed by atoms with Crippen molar-refractivity contribution in [2.45, 2.75) is 12.1 Å². The van der Waals surface area contributed by atoms with Gasteiger partial charge in [0.2, 0.25) is 0 Å². The number of likely N-dealkylation sites (tertiary alicyclic amines) is 1. The Morgan fingerprint density at radius 2 is 2.22 bits per heavy atom. The molecule has 0 spiro atoms. The number of rotatable bonds is 3. The van der Waals surface area contributed by atoms with E-state index >= 15 is 0 Å². The number of nitrogens with zero attached hydrogens (tertiary/aromatic N) is 2. The number of nitrogens with two attached hydrogens (primary N) is 1. The van der Waals surface area contributed by atoms with Gasteiger partial charge >= 0.3 is 0 Å². The van der Waals surface area contributed by atoms with Crippen LogP contribution in [0.25, 0.3) is 10.2 Å². The van der Waals surface area contributed by atoms with E-state index in [9.17, 15) is 14.3 Å². The van der Waals surface area contributed by atoms with Crippen molar-refractivity contribution in [1.29, 1.82) is 0 Å². The fourth-order valence-electron chi connectivity index (χ4n) is 3.08. The molecule has 3 heterocycles. The number of aliphatic hydroxyl groups is 1. The zero-order valence-electron chi connectivity index (χ0n) is 14.0. The van der Waals surface area contributed by atoms with Gasteiger partial charge in [0.05, 0.1) is 17.4 Å². The van der Waals surface area contributed by atoms with Crippen LogP contribution in [-0.2, 0) is 0 Å². The molecule has 0 aliphatic carbocycles. The number of amides is 1. The highest BCUT2D eigenvalue weighted by Crippen LogP contribution is 2.38. The summed E-state index contributed by atoms with van der Waals surface area (Å²) >= 11 is 3.33. The lowest BCUT2D eigenvalue weighted by atomic mass is 10.1. The zero-order valence-corrected chi connectivity index (χ0v) is 17.0. The van der Waals surface area contributed by atoms with E-state index in [0.717, 1.165) is 3.57 Å². The van der Waals surface area contributed by atoms with E-state index in [1.54, 1.807) is 24.4 Å². The summed E-state index contributed by atoms with van der Waals surface area (Å²) in [6, 6.07) is 7.95. The Hall–Kier alpha value is -1.82. The first kappa shape index (κ1) is 18.5. The second kappa shape index (κ2) is 7.30. The van der Waals surface area contributed by atoms with Gasteiger partial charge in [0.15, 0.2) is 0 Å². The lowest BCUT2D eigenvalue weighted by Crippen LogP contribution is -2.33. The van der Waals surface area contributed by atoms with Gasteiger partial charge in [-0.05, 0) is 52.9 Å². The molecule has 4 rings (SSSR count). The number of pyridine rings is 1. The third-order valence-corrected chi connectivity index (χ3v) is 6.18. The van der Waals surface area contributed by atoms with Crippen LogP contribution in [0.1, 0.15) is 10.4 Å². The van der Waals surface area contributed by atoms with E-state index in [0.29, 0.717) is 20.8 Å². The first-order valence-electron chi connectivity index (χ1n) is 8.26. The number of halogens is 2. The second-order valence-electron chi connectivity index (χ2n) is 6.35. The molecule has 9 heteroatoms. The number of fused-ring (bicyclic) bond motifs is 1. The number of aliphatic hydroxyl groups excluding tert-OH is 1. The third-order valence-electron chi connectivity index (χ3n) is 4.48. The summed E-state index contributed by atoms with van der Waals surface area (Å²) in [5, 5.41) is 14.2. The molecule has 2 atom stereocenters. The van der Waals surface area contributed by atoms with Crippen LogP contribution in [0, 0.1) is 9.39 Å². The Bertz CT molecular complexity index is 1020. The van der Waals surface area contributed by atoms with Crippen molar-refractivity contribution in [3.63, 3.8) is 0 Å². The van der Waals surface area contributed by atoms with Crippen molar-refractivity contribution in [3.8, 4) is 0 Å². The third kappa shape index (κ3) is 3.51. The standard InChI is InChI=1S/C18H16FIN4O2S/c19-11-6-9(20)3-4-13(11)23-17-15(10-2-1-5-22-16(10)27-17)18(26)24-7-12(21)14(25)8-24/h1-6,12,14,23,25H,7-8,21H2/t12-,14-/m0/s1. The van der Waals surface area contributed by atoms with Crippen LogP contribution in [0.5, 0.6) is 0 Å². The highest BCUT2D eigenvalue weighted by molar-refractivity contribution is 14.1. The Kier molecular flexibility index (Phi) is 5.01. The van der Waals surface area contributed by atoms with Gasteiger partial charge in [0.25, 0.3) is 5.91 Å². The minimum atomic E-state index is -0.748. The molecule has 1 amide bonds. The molecule has 2 aromatic heterocycles. The molecule has 0 bridgehead atoms. The average Bonchev–Trinajstić information content (AvgIpc) is 3.17. The minimum absolute atomic E-state index is 0.176. The van der Waals surface area contributed by atoms with E-state index in [1.807, 2.05) is 28.7 Å². The minimum Gasteiger partial charge on any atom is -0.390 e. The maximum atomic E-state index is 14.3. The first-order valence-corrected chi connectivity index (χ1v) is 10.2. The molecule has 0 radical (unpaired) electrons. The fraction of sp³-hybridized carbons (Fsp3) is 0.222. The predicted octanol–water partition coefficient (Wildman–Crippen LogP) is 2.93. The Labute approximate surface area is 172 Å². The van der Waals surface area contributed by atoms with Crippen LogP contribution in [0.15, 0.2) is 36.5 Å². The lowest BCUT2D eigenvalue weighted by Gasteiger charge is -2.17. The zero-order chi connectivity index (χ0) is 19.1. The van der Waals surface area contributed by atoms with Crippen LogP contribution < -0.4 is 11.1 Å². The Balaban J connectivity index is 1.76. The summed E-state index contributed by atoms with van der Waals surface area (Å²) in [5.74, 6) is -0.654. The van der Waals surface area contributed by atoms with E-state index in [-0.39, 0.29) is 24.7 Å². The lowest BCUT2D eigenvalue weighted by molar-refractivity contribution is 0.0768. The smallest absolute Gasteiger partial charge is 0.257 e. The summed E-state index contributed by atoms with van der Waals surface area (Å²) < 4.78 is 15.1. The number of benzene rings is 1. The van der Waals surface area contributed by atoms with Gasteiger partial charge in [-0.3, -0.25) is 4.79 Å². The fourth-order valence-corrected chi connectivity index (χ4v) is 4.58. The molecule has 6 nitrogen and oxygen atoms in total. The number of carbonyl (C=O) groups excluding carboxylic acids is 1. The molecule has 4 N–H and O–H groups in total. The van der Waals surface area contributed by atoms with Crippen molar-refractivity contribution < 1.29 is 14.3 Å². The first-order chi connectivity index (χ1) is 12.9. The average molecular weight is 498 g/mol. The maximum Gasteiger partial charge on any atom is 0.257 e. The van der Waals surface area contributed by atoms with E-state index in [1.165, 1.54) is 22.3 Å². The van der Waals surface area contributed by atoms with Crippen molar-refractivity contribution in [2.75, 3.05) is 18.4 Å². The van der Waals surface area contributed by atoms with Crippen molar-refractivity contribution >= 4 is 60.7 Å². The summed E-state index contributed by atoms with van der Waals surface area (Å²) in [5.41, 5.74) is 6.55. The summed E-state index contributed by atoms with van der Waals surface area (Å²) in [6.45, 7) is 0.448. The molecular formula is C18H16FIN4O2S. The van der Waals surface area contributed by atoms with E-state index in [4.69, 9.17) is 5.73 Å². The molecule has 140 valence electrons. The quantitative estimate of drug-likeness (QED) is 0.484. The largest absolute Gasteiger partial charge is 0.390 e. The monoisotopic (exact) mass is 498 g/mol. The number of hydrogen-bond acceptors (Lipinski definition) is 6. The van der Waals surface area contributed by atoms with Crippen LogP contribution >= 0.6 is 33.9 Å². The van der Waals surface area contributed by atoms with Gasteiger partial charge in [-0.1, -0.05) is 11.3 Å². The van der Waals surface area contributed by atoms with Crippen LogP contribution in [0.3, 0.4) is 0 Å². The summed E-state index contributed by atoms with van der Waals surface area (Å²) in [6.07, 6.45) is 0.903. The summed E-state index contributed by atoms with van der Waals surface area (Å²) in [7, 11) is 0. The number of nitrogens with one attached hydrogen (secondary N) is 1. The van der Waals surface area contributed by atoms with Gasteiger partial charge in [-0.2, -0.15) is 0 Å². The van der Waals surface area contributed by atoms with Crippen LogP contribution in [0.4, 0.5) is 15.1 Å². The molecule has 3 aromatic rings. The van der Waals surface area contributed by atoms with Gasteiger partial charge in [-0.25, -0.2) is 9.37 Å². The van der Waals surface area contributed by atoms with Crippen molar-refractivity contribution in [2.24, 2.45) is 5.73 Å². The van der Waals surface area contributed by atoms with Crippen LogP contribution in [-0.4, -0.2) is 46.1 Å². The molecule has 1 aliphatic rings. The van der Waals surface area contributed by atoms with Crippen molar-refractivity contribution in [3.05, 3.63) is 51.5 Å². The topological polar surface area (TPSA) is 91.5 Å². The highest BCUT2D eigenvalue weighted by Gasteiger charge is 2.34. The number of hydrogen-bond donors (Lipinski definition) is 3. The second-order valence-corrected chi connectivity index (χ2v) is 8.60. The Morgan fingerprint density at radius 3 is 2.93 bits per heavy atom. The van der Waals surface area contributed by atoms with Crippen molar-refractivity contribution in [1.82, 2.24) is 9.88 Å². The molecule has 1 aromatic carbocycles. The van der Waals surface area contributed by atoms with Crippen LogP contribution in [0.2, 0.25) is 0 Å². The predicted molar refractivity (Wildman–Crippen MR) is 112 cm³/mol. The van der Waals surface area contributed by atoms with Gasteiger partial charge in [-0.15, -0.1) is 0 Å². The Morgan fingerprint density at radius 1 is 1.41 bits per heavy atom. The molecule has 0 saturated carbocycles. The number of β-amino-alcohol motifs (C(OH)–C–C–N with tert-alkyl or cyclic N) is 1. The van der Waals surface area contributed by atoms with Gasteiger partial charge < -0.3 is 21.1 Å². The summed E-state index contributed by atoms with van der Waals surface area (Å²) in [4.78, 5) is 19.7. The molecular weight excluding hydrogens is 482 g/mol.